The van der Waals surface area contributed by atoms with E-state index in [2.05, 4.69) is 12.2 Å². The van der Waals surface area contributed by atoms with Gasteiger partial charge in [0.05, 0.1) is 5.60 Å². The molecule has 82 valence electrons. The van der Waals surface area contributed by atoms with Gasteiger partial charge in [0.1, 0.15) is 0 Å². The smallest absolute Gasteiger partial charge is 0.220 e. The summed E-state index contributed by atoms with van der Waals surface area (Å²) >= 11 is 0. The average Bonchev–Trinajstić information content (AvgIpc) is 2.12. The summed E-state index contributed by atoms with van der Waals surface area (Å²) in [5, 5.41) is 12.5. The highest BCUT2D eigenvalue weighted by molar-refractivity contribution is 5.75. The first-order valence-corrected chi connectivity index (χ1v) is 5.65. The van der Waals surface area contributed by atoms with E-state index in [4.69, 9.17) is 0 Å². The Balaban J connectivity index is 2.03. The Morgan fingerprint density at radius 1 is 1.43 bits per heavy atom. The van der Waals surface area contributed by atoms with Crippen LogP contribution in [0.25, 0.3) is 0 Å². The molecule has 1 amide bonds. The van der Waals surface area contributed by atoms with Crippen molar-refractivity contribution in [1.29, 1.82) is 0 Å². The third-order valence-electron chi connectivity index (χ3n) is 2.91. The fraction of sp³-hybridized carbons (Fsp3) is 0.909. The summed E-state index contributed by atoms with van der Waals surface area (Å²) in [5.41, 5.74) is -0.583. The quantitative estimate of drug-likeness (QED) is 0.638. The summed E-state index contributed by atoms with van der Waals surface area (Å²) in [6.45, 7) is 2.56. The molecule has 3 heteroatoms. The second-order valence-electron chi connectivity index (χ2n) is 4.31. The van der Waals surface area contributed by atoms with Gasteiger partial charge >= 0.3 is 0 Å². The highest BCUT2D eigenvalue weighted by Crippen LogP contribution is 2.30. The lowest BCUT2D eigenvalue weighted by Gasteiger charge is -2.36. The lowest BCUT2D eigenvalue weighted by atomic mass is 9.80. The third-order valence-corrected chi connectivity index (χ3v) is 2.91. The van der Waals surface area contributed by atoms with Gasteiger partial charge in [-0.3, -0.25) is 4.79 Å². The van der Waals surface area contributed by atoms with Crippen LogP contribution in [0.5, 0.6) is 0 Å². The molecule has 0 saturated heterocycles. The Labute approximate surface area is 85.9 Å². The molecule has 2 N–H and O–H groups in total. The number of nitrogens with one attached hydrogen (secondary N) is 1. The minimum atomic E-state index is -0.583. The van der Waals surface area contributed by atoms with Crippen molar-refractivity contribution in [2.75, 3.05) is 6.54 Å². The minimum Gasteiger partial charge on any atom is -0.388 e. The molecule has 0 heterocycles. The minimum absolute atomic E-state index is 0.0822. The van der Waals surface area contributed by atoms with E-state index in [0.29, 0.717) is 13.0 Å². The molecule has 0 unspecified atom stereocenters. The van der Waals surface area contributed by atoms with Crippen molar-refractivity contribution >= 4 is 5.91 Å². The molecule has 14 heavy (non-hydrogen) atoms. The molecule has 1 rings (SSSR count). The summed E-state index contributed by atoms with van der Waals surface area (Å²) < 4.78 is 0. The highest BCUT2D eigenvalue weighted by atomic mass is 16.3. The number of carbonyl (C=O) groups excluding carboxylic acids is 1. The van der Waals surface area contributed by atoms with Crippen LogP contribution in [0.1, 0.15) is 51.9 Å². The number of unbranched alkanes of at least 4 members (excludes halogenated alkanes) is 2. The zero-order valence-corrected chi connectivity index (χ0v) is 9.01. The fourth-order valence-electron chi connectivity index (χ4n) is 1.65. The summed E-state index contributed by atoms with van der Waals surface area (Å²) in [7, 11) is 0. The van der Waals surface area contributed by atoms with Gasteiger partial charge in [0.25, 0.3) is 0 Å². The van der Waals surface area contributed by atoms with Gasteiger partial charge in [-0.1, -0.05) is 19.8 Å². The van der Waals surface area contributed by atoms with Gasteiger partial charge < -0.3 is 10.4 Å². The molecule has 0 aromatic rings. The first-order chi connectivity index (χ1) is 6.66. The van der Waals surface area contributed by atoms with Crippen LogP contribution in [0.15, 0.2) is 0 Å². The van der Waals surface area contributed by atoms with Crippen molar-refractivity contribution in [2.24, 2.45) is 0 Å². The number of rotatable bonds is 6. The van der Waals surface area contributed by atoms with Gasteiger partial charge in [-0.05, 0) is 25.7 Å². The van der Waals surface area contributed by atoms with E-state index in [1.807, 2.05) is 0 Å². The molecular weight excluding hydrogens is 178 g/mol. The first-order valence-electron chi connectivity index (χ1n) is 5.65. The van der Waals surface area contributed by atoms with Crippen molar-refractivity contribution in [1.82, 2.24) is 5.32 Å². The van der Waals surface area contributed by atoms with Gasteiger partial charge in [-0.25, -0.2) is 0 Å². The van der Waals surface area contributed by atoms with Crippen LogP contribution in [-0.2, 0) is 4.79 Å². The Kier molecular flexibility index (Phi) is 4.39. The van der Waals surface area contributed by atoms with Crippen LogP contribution < -0.4 is 5.32 Å². The SMILES string of the molecule is CCCCCC(=O)NCC1(O)CCC1. The molecule has 1 aliphatic rings. The second kappa shape index (κ2) is 5.35. The molecule has 0 spiro atoms. The zero-order valence-electron chi connectivity index (χ0n) is 9.01. The van der Waals surface area contributed by atoms with Crippen molar-refractivity contribution in [2.45, 2.75) is 57.5 Å². The molecule has 0 bridgehead atoms. The summed E-state index contributed by atoms with van der Waals surface area (Å²) in [4.78, 5) is 11.3. The summed E-state index contributed by atoms with van der Waals surface area (Å²) in [5.74, 6) is 0.0822. The van der Waals surface area contributed by atoms with Crippen molar-refractivity contribution in [3.63, 3.8) is 0 Å². The fourth-order valence-corrected chi connectivity index (χ4v) is 1.65. The molecule has 1 fully saturated rings. The van der Waals surface area contributed by atoms with Gasteiger partial charge in [-0.2, -0.15) is 0 Å². The number of hydrogen-bond acceptors (Lipinski definition) is 2. The van der Waals surface area contributed by atoms with Crippen molar-refractivity contribution < 1.29 is 9.90 Å². The number of aliphatic hydroxyl groups is 1. The lowest BCUT2D eigenvalue weighted by Crippen LogP contribution is -2.47. The van der Waals surface area contributed by atoms with E-state index in [1.165, 1.54) is 0 Å². The van der Waals surface area contributed by atoms with E-state index in [0.717, 1.165) is 38.5 Å². The van der Waals surface area contributed by atoms with E-state index >= 15 is 0 Å². The molecule has 0 aromatic heterocycles. The molecule has 1 saturated carbocycles. The normalized spacial score (nSPS) is 18.7. The zero-order chi connectivity index (χ0) is 10.4. The molecule has 3 nitrogen and oxygen atoms in total. The first kappa shape index (κ1) is 11.5. The molecule has 0 radical (unpaired) electrons. The monoisotopic (exact) mass is 199 g/mol. The Morgan fingerprint density at radius 2 is 2.14 bits per heavy atom. The van der Waals surface area contributed by atoms with Crippen LogP contribution in [0.4, 0.5) is 0 Å². The maximum absolute atomic E-state index is 11.3. The van der Waals surface area contributed by atoms with E-state index in [1.54, 1.807) is 0 Å². The van der Waals surface area contributed by atoms with Crippen LogP contribution in [0.3, 0.4) is 0 Å². The predicted octanol–water partition coefficient (Wildman–Crippen LogP) is 1.60. The molecule has 0 aromatic carbocycles. The van der Waals surface area contributed by atoms with Crippen LogP contribution in [0.2, 0.25) is 0 Å². The second-order valence-corrected chi connectivity index (χ2v) is 4.31. The molecular formula is C11H21NO2. The molecule has 0 aliphatic heterocycles. The van der Waals surface area contributed by atoms with E-state index in [9.17, 15) is 9.90 Å². The maximum Gasteiger partial charge on any atom is 0.220 e. The third kappa shape index (κ3) is 3.66. The highest BCUT2D eigenvalue weighted by Gasteiger charge is 2.34. The number of hydrogen-bond donors (Lipinski definition) is 2. The largest absolute Gasteiger partial charge is 0.388 e. The molecule has 0 atom stereocenters. The Bertz CT molecular complexity index is 188. The van der Waals surface area contributed by atoms with E-state index in [-0.39, 0.29) is 5.91 Å². The van der Waals surface area contributed by atoms with Crippen molar-refractivity contribution in [3.8, 4) is 0 Å². The van der Waals surface area contributed by atoms with Crippen molar-refractivity contribution in [3.05, 3.63) is 0 Å². The number of amides is 1. The predicted molar refractivity (Wildman–Crippen MR) is 56.0 cm³/mol. The van der Waals surface area contributed by atoms with Crippen LogP contribution in [0, 0.1) is 0 Å². The van der Waals surface area contributed by atoms with Gasteiger partial charge in [0.2, 0.25) is 5.91 Å². The Morgan fingerprint density at radius 3 is 2.64 bits per heavy atom. The topological polar surface area (TPSA) is 49.3 Å². The standard InChI is InChI=1S/C11H21NO2/c1-2-3-4-6-10(13)12-9-11(14)7-5-8-11/h14H,2-9H2,1H3,(H,12,13). The maximum atomic E-state index is 11.3. The number of carbonyl (C=O) groups is 1. The average molecular weight is 199 g/mol. The summed E-state index contributed by atoms with van der Waals surface area (Å²) in [6, 6.07) is 0. The van der Waals surface area contributed by atoms with Crippen LogP contribution in [-0.4, -0.2) is 23.2 Å². The summed E-state index contributed by atoms with van der Waals surface area (Å²) in [6.07, 6.45) is 6.56. The van der Waals surface area contributed by atoms with Gasteiger partial charge in [0.15, 0.2) is 0 Å². The molecule has 1 aliphatic carbocycles. The van der Waals surface area contributed by atoms with Crippen LogP contribution >= 0.6 is 0 Å². The Hall–Kier alpha value is -0.570. The van der Waals surface area contributed by atoms with Gasteiger partial charge in [-0.15, -0.1) is 0 Å². The van der Waals surface area contributed by atoms with Gasteiger partial charge in [0, 0.05) is 13.0 Å². The van der Waals surface area contributed by atoms with E-state index < -0.39 is 5.60 Å². The lowest BCUT2D eigenvalue weighted by molar-refractivity contribution is -0.123.